The van der Waals surface area contributed by atoms with E-state index in [4.69, 9.17) is 19.2 Å². The van der Waals surface area contributed by atoms with Gasteiger partial charge in [-0.3, -0.25) is 14.6 Å². The molecule has 32 heavy (non-hydrogen) atoms. The third kappa shape index (κ3) is 5.98. The van der Waals surface area contributed by atoms with E-state index in [2.05, 4.69) is 20.8 Å². The number of anilines is 1. The Labute approximate surface area is 200 Å². The van der Waals surface area contributed by atoms with Gasteiger partial charge < -0.3 is 14.2 Å². The summed E-state index contributed by atoms with van der Waals surface area (Å²) in [6, 6.07) is 13.2. The van der Waals surface area contributed by atoms with E-state index >= 15 is 0 Å². The van der Waals surface area contributed by atoms with Crippen LogP contribution in [0.25, 0.3) is 10.2 Å². The van der Waals surface area contributed by atoms with Gasteiger partial charge in [0.25, 0.3) is 5.91 Å². The number of halogens is 1. The van der Waals surface area contributed by atoms with Gasteiger partial charge in [-0.15, -0.1) is 0 Å². The molecule has 2 aromatic carbocycles. The second-order valence-corrected chi connectivity index (χ2v) is 9.35. The summed E-state index contributed by atoms with van der Waals surface area (Å²) in [5.74, 6) is 1.17. The van der Waals surface area contributed by atoms with E-state index in [1.165, 1.54) is 11.3 Å². The van der Waals surface area contributed by atoms with Gasteiger partial charge in [-0.2, -0.15) is 0 Å². The highest BCUT2D eigenvalue weighted by Crippen LogP contribution is 2.31. The lowest BCUT2D eigenvalue weighted by Crippen LogP contribution is -2.40. The largest absolute Gasteiger partial charge is 0.497 e. The molecule has 1 fully saturated rings. The lowest BCUT2D eigenvalue weighted by atomic mass is 10.3. The second-order valence-electron chi connectivity index (χ2n) is 7.43. The molecule has 0 bridgehead atoms. The summed E-state index contributed by atoms with van der Waals surface area (Å²) in [6.07, 6.45) is 0.852. The fourth-order valence-corrected chi connectivity index (χ4v) is 5.08. The average Bonchev–Trinajstić information content (AvgIpc) is 3.24. The number of hydrogen-bond donors (Lipinski definition) is 0. The normalized spacial score (nSPS) is 14.4. The number of methoxy groups -OCH3 is 1. The van der Waals surface area contributed by atoms with Crippen LogP contribution in [-0.2, 0) is 9.53 Å². The van der Waals surface area contributed by atoms with Crippen molar-refractivity contribution >= 4 is 48.5 Å². The van der Waals surface area contributed by atoms with Crippen molar-refractivity contribution in [2.75, 3.05) is 58.0 Å². The van der Waals surface area contributed by atoms with Crippen molar-refractivity contribution in [3.05, 3.63) is 46.9 Å². The van der Waals surface area contributed by atoms with Crippen LogP contribution < -0.4 is 14.4 Å². The zero-order valence-electron chi connectivity index (χ0n) is 18.0. The number of morpholine rings is 1. The molecule has 1 aliphatic heterocycles. The van der Waals surface area contributed by atoms with Crippen LogP contribution in [0.4, 0.5) is 5.13 Å². The van der Waals surface area contributed by atoms with E-state index in [1.807, 2.05) is 36.4 Å². The Balaban J connectivity index is 1.46. The number of carbonyl (C=O) groups excluding carboxylic acids is 1. The predicted molar refractivity (Wildman–Crippen MR) is 130 cm³/mol. The van der Waals surface area contributed by atoms with Crippen LogP contribution in [0.1, 0.15) is 6.42 Å². The van der Waals surface area contributed by atoms with Gasteiger partial charge >= 0.3 is 0 Å². The molecule has 1 aliphatic rings. The first-order chi connectivity index (χ1) is 15.6. The molecule has 4 rings (SSSR count). The summed E-state index contributed by atoms with van der Waals surface area (Å²) >= 11 is 5.02. The van der Waals surface area contributed by atoms with Gasteiger partial charge in [0.2, 0.25) is 0 Å². The number of fused-ring (bicyclic) bond motifs is 1. The summed E-state index contributed by atoms with van der Waals surface area (Å²) in [5, 5.41) is 0.694. The Bertz CT molecular complexity index is 1050. The maximum atomic E-state index is 13.2. The molecule has 1 saturated heterocycles. The van der Waals surface area contributed by atoms with Crippen molar-refractivity contribution in [1.82, 2.24) is 9.88 Å². The molecule has 0 unspecified atom stereocenters. The van der Waals surface area contributed by atoms with E-state index in [0.717, 1.165) is 54.0 Å². The molecule has 0 N–H and O–H groups in total. The zero-order chi connectivity index (χ0) is 22.3. The minimum Gasteiger partial charge on any atom is -0.497 e. The maximum absolute atomic E-state index is 13.2. The van der Waals surface area contributed by atoms with Crippen LogP contribution >= 0.6 is 27.3 Å². The SMILES string of the molecule is COc1cccc(OCC(=O)N(CCCN2CCOCC2)c2nc3ccc(Br)cc3s2)c1. The van der Waals surface area contributed by atoms with E-state index in [-0.39, 0.29) is 12.5 Å². The van der Waals surface area contributed by atoms with Gasteiger partial charge in [-0.25, -0.2) is 4.98 Å². The standard InChI is InChI=1S/C23H26BrN3O4S/c1-29-18-4-2-5-19(15-18)31-16-22(28)27(9-3-8-26-10-12-30-13-11-26)23-25-20-7-6-17(24)14-21(20)32-23/h2,4-7,14-15H,3,8-13,16H2,1H3. The van der Waals surface area contributed by atoms with Crippen molar-refractivity contribution < 1.29 is 19.0 Å². The summed E-state index contributed by atoms with van der Waals surface area (Å²) in [5.41, 5.74) is 0.882. The fraction of sp³-hybridized carbons (Fsp3) is 0.391. The van der Waals surface area contributed by atoms with Gasteiger partial charge in [-0.1, -0.05) is 33.3 Å². The molecule has 1 amide bonds. The lowest BCUT2D eigenvalue weighted by Gasteiger charge is -2.27. The summed E-state index contributed by atoms with van der Waals surface area (Å²) in [7, 11) is 1.60. The lowest BCUT2D eigenvalue weighted by molar-refractivity contribution is -0.120. The Morgan fingerprint density at radius 1 is 1.22 bits per heavy atom. The molecule has 0 aliphatic carbocycles. The van der Waals surface area contributed by atoms with Crippen LogP contribution in [0.2, 0.25) is 0 Å². The van der Waals surface area contributed by atoms with Crippen molar-refractivity contribution in [2.24, 2.45) is 0 Å². The number of ether oxygens (including phenoxy) is 3. The Kier molecular flexibility index (Phi) is 7.96. The number of benzene rings is 2. The molecule has 3 aromatic rings. The van der Waals surface area contributed by atoms with Crippen LogP contribution in [0.3, 0.4) is 0 Å². The fourth-order valence-electron chi connectivity index (χ4n) is 3.52. The average molecular weight is 520 g/mol. The molecule has 7 nitrogen and oxygen atoms in total. The molecule has 0 radical (unpaired) electrons. The number of nitrogens with zero attached hydrogens (tertiary/aromatic N) is 3. The topological polar surface area (TPSA) is 64.1 Å². The van der Waals surface area contributed by atoms with Crippen molar-refractivity contribution in [3.8, 4) is 11.5 Å². The van der Waals surface area contributed by atoms with Gasteiger partial charge in [0, 0.05) is 36.7 Å². The summed E-state index contributed by atoms with van der Waals surface area (Å²) < 4.78 is 18.5. The Morgan fingerprint density at radius 2 is 2.03 bits per heavy atom. The maximum Gasteiger partial charge on any atom is 0.266 e. The Hall–Kier alpha value is -2.20. The molecule has 0 spiro atoms. The summed E-state index contributed by atoms with van der Waals surface area (Å²) in [6.45, 7) is 4.83. The van der Waals surface area contributed by atoms with E-state index < -0.39 is 0 Å². The number of thiazole rings is 1. The molecule has 9 heteroatoms. The first kappa shape index (κ1) is 23.0. The number of rotatable bonds is 9. The van der Waals surface area contributed by atoms with Gasteiger partial charge in [-0.05, 0) is 36.8 Å². The minimum absolute atomic E-state index is 0.0651. The van der Waals surface area contributed by atoms with E-state index in [0.29, 0.717) is 23.2 Å². The smallest absolute Gasteiger partial charge is 0.266 e. The van der Waals surface area contributed by atoms with Crippen LogP contribution in [0.5, 0.6) is 11.5 Å². The highest BCUT2D eigenvalue weighted by molar-refractivity contribution is 9.10. The monoisotopic (exact) mass is 519 g/mol. The number of hydrogen-bond acceptors (Lipinski definition) is 7. The highest BCUT2D eigenvalue weighted by atomic mass is 79.9. The third-order valence-electron chi connectivity index (χ3n) is 5.23. The van der Waals surface area contributed by atoms with Crippen LogP contribution in [-0.4, -0.2) is 68.9 Å². The van der Waals surface area contributed by atoms with Crippen molar-refractivity contribution in [3.63, 3.8) is 0 Å². The highest BCUT2D eigenvalue weighted by Gasteiger charge is 2.21. The minimum atomic E-state index is -0.118. The molecule has 1 aromatic heterocycles. The van der Waals surface area contributed by atoms with Gasteiger partial charge in [0.15, 0.2) is 11.7 Å². The zero-order valence-corrected chi connectivity index (χ0v) is 20.4. The molecule has 0 saturated carbocycles. The molecule has 0 atom stereocenters. The number of amides is 1. The van der Waals surface area contributed by atoms with Crippen molar-refractivity contribution in [1.29, 1.82) is 0 Å². The molecular weight excluding hydrogens is 494 g/mol. The van der Waals surface area contributed by atoms with E-state index in [9.17, 15) is 4.79 Å². The number of aromatic nitrogens is 1. The van der Waals surface area contributed by atoms with Crippen LogP contribution in [0, 0.1) is 0 Å². The Morgan fingerprint density at radius 3 is 2.84 bits per heavy atom. The van der Waals surface area contributed by atoms with Crippen LogP contribution in [0.15, 0.2) is 46.9 Å². The number of carbonyl (C=O) groups is 1. The molecule has 2 heterocycles. The van der Waals surface area contributed by atoms with Gasteiger partial charge in [0.05, 0.1) is 30.5 Å². The van der Waals surface area contributed by atoms with Gasteiger partial charge in [0.1, 0.15) is 11.5 Å². The predicted octanol–water partition coefficient (Wildman–Crippen LogP) is 4.20. The van der Waals surface area contributed by atoms with Crippen molar-refractivity contribution in [2.45, 2.75) is 6.42 Å². The summed E-state index contributed by atoms with van der Waals surface area (Å²) in [4.78, 5) is 22.0. The molecular formula is C23H26BrN3O4S. The first-order valence-corrected chi connectivity index (χ1v) is 12.2. The quantitative estimate of drug-likeness (QED) is 0.422. The second kappa shape index (κ2) is 11.1. The third-order valence-corrected chi connectivity index (χ3v) is 6.77. The molecule has 170 valence electrons. The van der Waals surface area contributed by atoms with E-state index in [1.54, 1.807) is 18.1 Å². The first-order valence-electron chi connectivity index (χ1n) is 10.6.